The number of benzene rings is 2. The summed E-state index contributed by atoms with van der Waals surface area (Å²) in [5.41, 5.74) is 1.28. The maximum Gasteiger partial charge on any atom is 0.267 e. The summed E-state index contributed by atoms with van der Waals surface area (Å²) in [5.74, 6) is -0.550. The number of imidazole rings is 1. The Kier molecular flexibility index (Phi) is 3.64. The highest BCUT2D eigenvalue weighted by Gasteiger charge is 2.23. The summed E-state index contributed by atoms with van der Waals surface area (Å²) in [7, 11) is -4.10. The fraction of sp³-hybridized carbons (Fsp3) is 0. The number of halogens is 2. The molecule has 22 heavy (non-hydrogen) atoms. The van der Waals surface area contributed by atoms with Gasteiger partial charge >= 0.3 is 0 Å². The van der Waals surface area contributed by atoms with E-state index >= 15 is 0 Å². The number of rotatable bonds is 3. The normalized spacial score (nSPS) is 11.7. The van der Waals surface area contributed by atoms with Gasteiger partial charge in [0, 0.05) is 5.02 Å². The lowest BCUT2D eigenvalue weighted by atomic mass is 10.3. The lowest BCUT2D eigenvalue weighted by Crippen LogP contribution is -2.14. The minimum absolute atomic E-state index is 0.0247. The van der Waals surface area contributed by atoms with Crippen LogP contribution in [0.4, 0.5) is 5.95 Å². The van der Waals surface area contributed by atoms with Crippen molar-refractivity contribution in [3.8, 4) is 5.75 Å². The zero-order valence-electron chi connectivity index (χ0n) is 10.8. The van der Waals surface area contributed by atoms with Gasteiger partial charge in [-0.25, -0.2) is 18.1 Å². The summed E-state index contributed by atoms with van der Waals surface area (Å²) in [4.78, 5) is 6.50. The van der Waals surface area contributed by atoms with Gasteiger partial charge in [-0.2, -0.15) is 0 Å². The second-order valence-electron chi connectivity index (χ2n) is 4.44. The van der Waals surface area contributed by atoms with E-state index in [1.807, 2.05) is 0 Å². The molecule has 0 saturated heterocycles. The van der Waals surface area contributed by atoms with Crippen LogP contribution in [0, 0.1) is 0 Å². The van der Waals surface area contributed by atoms with Crippen LogP contribution >= 0.6 is 23.2 Å². The molecule has 0 radical (unpaired) electrons. The van der Waals surface area contributed by atoms with Gasteiger partial charge in [0.1, 0.15) is 4.90 Å². The Balaban J connectivity index is 2.03. The van der Waals surface area contributed by atoms with Crippen LogP contribution in [-0.4, -0.2) is 23.5 Å². The number of H-pyrrole nitrogens is 1. The van der Waals surface area contributed by atoms with Gasteiger partial charge in [0.25, 0.3) is 10.0 Å². The standard InChI is InChI=1S/C13H9Cl2N3O3S/c14-7-5-8(15)12(19)11(6-7)22(20,21)18-13-16-9-3-1-2-4-10(9)17-13/h1-6,19H,(H2,16,17,18). The molecular formula is C13H9Cl2N3O3S. The summed E-state index contributed by atoms with van der Waals surface area (Å²) in [5, 5.41) is 9.77. The van der Waals surface area contributed by atoms with Crippen molar-refractivity contribution >= 4 is 50.2 Å². The Morgan fingerprint density at radius 2 is 1.91 bits per heavy atom. The summed E-state index contributed by atoms with van der Waals surface area (Å²) in [6.07, 6.45) is 0. The van der Waals surface area contributed by atoms with Crippen LogP contribution in [0.5, 0.6) is 5.75 Å². The molecule has 1 aromatic heterocycles. The van der Waals surface area contributed by atoms with E-state index in [1.165, 1.54) is 6.07 Å². The molecule has 0 aliphatic rings. The first kappa shape index (κ1) is 15.0. The molecule has 0 aliphatic carbocycles. The summed E-state index contributed by atoms with van der Waals surface area (Å²) < 4.78 is 27.0. The second-order valence-corrected chi connectivity index (χ2v) is 6.94. The number of aromatic amines is 1. The van der Waals surface area contributed by atoms with E-state index < -0.39 is 20.7 Å². The van der Waals surface area contributed by atoms with E-state index in [0.717, 1.165) is 6.07 Å². The Hall–Kier alpha value is -1.96. The molecule has 0 bridgehead atoms. The minimum Gasteiger partial charge on any atom is -0.505 e. The van der Waals surface area contributed by atoms with Crippen LogP contribution in [0.25, 0.3) is 11.0 Å². The van der Waals surface area contributed by atoms with E-state index in [2.05, 4.69) is 14.7 Å². The highest BCUT2D eigenvalue weighted by molar-refractivity contribution is 7.92. The van der Waals surface area contributed by atoms with E-state index in [-0.39, 0.29) is 16.0 Å². The number of hydrogen-bond acceptors (Lipinski definition) is 4. The number of nitrogens with one attached hydrogen (secondary N) is 2. The molecule has 0 spiro atoms. The van der Waals surface area contributed by atoms with Crippen molar-refractivity contribution in [3.63, 3.8) is 0 Å². The third-order valence-corrected chi connectivity index (χ3v) is 4.76. The molecule has 3 aromatic rings. The van der Waals surface area contributed by atoms with Gasteiger partial charge in [0.2, 0.25) is 5.95 Å². The van der Waals surface area contributed by atoms with Gasteiger partial charge in [-0.3, -0.25) is 0 Å². The maximum atomic E-state index is 12.4. The van der Waals surface area contributed by atoms with E-state index in [4.69, 9.17) is 23.2 Å². The summed E-state index contributed by atoms with van der Waals surface area (Å²) in [6.45, 7) is 0. The van der Waals surface area contributed by atoms with Gasteiger partial charge in [-0.1, -0.05) is 35.3 Å². The van der Waals surface area contributed by atoms with Gasteiger partial charge in [-0.15, -0.1) is 0 Å². The average molecular weight is 358 g/mol. The third kappa shape index (κ3) is 2.70. The number of sulfonamides is 1. The summed E-state index contributed by atoms with van der Waals surface area (Å²) >= 11 is 11.5. The Morgan fingerprint density at radius 1 is 1.18 bits per heavy atom. The van der Waals surface area contributed by atoms with Gasteiger partial charge < -0.3 is 10.1 Å². The number of nitrogens with zero attached hydrogens (tertiary/aromatic N) is 1. The van der Waals surface area contributed by atoms with Crippen molar-refractivity contribution in [1.29, 1.82) is 0 Å². The van der Waals surface area contributed by atoms with Crippen LogP contribution in [-0.2, 0) is 10.0 Å². The third-order valence-electron chi connectivity index (χ3n) is 2.90. The molecule has 3 rings (SSSR count). The Morgan fingerprint density at radius 3 is 2.64 bits per heavy atom. The highest BCUT2D eigenvalue weighted by atomic mass is 35.5. The molecule has 0 amide bonds. The van der Waals surface area contributed by atoms with Gasteiger partial charge in [0.05, 0.1) is 16.1 Å². The van der Waals surface area contributed by atoms with Gasteiger partial charge in [-0.05, 0) is 24.3 Å². The van der Waals surface area contributed by atoms with Crippen molar-refractivity contribution in [1.82, 2.24) is 9.97 Å². The van der Waals surface area contributed by atoms with Crippen LogP contribution in [0.3, 0.4) is 0 Å². The first-order valence-corrected chi connectivity index (χ1v) is 8.26. The molecule has 0 aliphatic heterocycles. The van der Waals surface area contributed by atoms with E-state index in [1.54, 1.807) is 24.3 Å². The zero-order valence-corrected chi connectivity index (χ0v) is 13.2. The SMILES string of the molecule is O=S(=O)(Nc1nc2ccccc2[nH]1)c1cc(Cl)cc(Cl)c1O. The minimum atomic E-state index is -4.10. The smallest absolute Gasteiger partial charge is 0.267 e. The maximum absolute atomic E-state index is 12.4. The largest absolute Gasteiger partial charge is 0.505 e. The van der Waals surface area contributed by atoms with Crippen LogP contribution < -0.4 is 4.72 Å². The predicted molar refractivity (Wildman–Crippen MR) is 85.0 cm³/mol. The molecule has 0 atom stereocenters. The van der Waals surface area contributed by atoms with Crippen LogP contribution in [0.2, 0.25) is 10.0 Å². The predicted octanol–water partition coefficient (Wildman–Crippen LogP) is 3.38. The lowest BCUT2D eigenvalue weighted by Gasteiger charge is -2.09. The van der Waals surface area contributed by atoms with E-state index in [0.29, 0.717) is 11.0 Å². The Bertz CT molecular complexity index is 937. The highest BCUT2D eigenvalue weighted by Crippen LogP contribution is 2.34. The quantitative estimate of drug-likeness (QED) is 0.669. The molecule has 114 valence electrons. The number of phenols is 1. The van der Waals surface area contributed by atoms with Crippen LogP contribution in [0.15, 0.2) is 41.3 Å². The topological polar surface area (TPSA) is 95.1 Å². The Labute approximate surface area is 135 Å². The number of anilines is 1. The fourth-order valence-electron chi connectivity index (χ4n) is 1.93. The van der Waals surface area contributed by atoms with Crippen LogP contribution in [0.1, 0.15) is 0 Å². The van der Waals surface area contributed by atoms with Crippen molar-refractivity contribution < 1.29 is 13.5 Å². The van der Waals surface area contributed by atoms with Crippen molar-refractivity contribution in [3.05, 3.63) is 46.4 Å². The lowest BCUT2D eigenvalue weighted by molar-refractivity contribution is 0.459. The molecular weight excluding hydrogens is 349 g/mol. The monoisotopic (exact) mass is 357 g/mol. The van der Waals surface area contributed by atoms with E-state index in [9.17, 15) is 13.5 Å². The number of phenolic OH excluding ortho intramolecular Hbond substituents is 1. The number of para-hydroxylation sites is 2. The molecule has 2 aromatic carbocycles. The average Bonchev–Trinajstić information content (AvgIpc) is 2.83. The van der Waals surface area contributed by atoms with Gasteiger partial charge in [0.15, 0.2) is 5.75 Å². The van der Waals surface area contributed by atoms with Crippen molar-refractivity contribution in [2.75, 3.05) is 4.72 Å². The molecule has 6 nitrogen and oxygen atoms in total. The molecule has 0 unspecified atom stereocenters. The molecule has 3 N–H and O–H groups in total. The first-order valence-electron chi connectivity index (χ1n) is 6.02. The van der Waals surface area contributed by atoms with Crippen molar-refractivity contribution in [2.45, 2.75) is 4.90 Å². The fourth-order valence-corrected chi connectivity index (χ4v) is 3.65. The molecule has 0 saturated carbocycles. The number of hydrogen-bond donors (Lipinski definition) is 3. The second kappa shape index (κ2) is 5.35. The number of aromatic hydroxyl groups is 1. The zero-order chi connectivity index (χ0) is 15.9. The number of aromatic nitrogens is 2. The first-order chi connectivity index (χ1) is 10.4. The summed E-state index contributed by atoms with van der Waals surface area (Å²) in [6, 6.07) is 9.42. The molecule has 1 heterocycles. The van der Waals surface area contributed by atoms with Crippen molar-refractivity contribution in [2.24, 2.45) is 0 Å². The molecule has 9 heteroatoms. The number of fused-ring (bicyclic) bond motifs is 1. The molecule has 0 fully saturated rings.